The number of aliphatic imine (C=N–C) groups is 1. The minimum absolute atomic E-state index is 0.106. The van der Waals surface area contributed by atoms with Gasteiger partial charge in [0.15, 0.2) is 0 Å². The smallest absolute Gasteiger partial charge is 0.416 e. The fourth-order valence-corrected chi connectivity index (χ4v) is 2.74. The molecule has 0 amide bonds. The highest BCUT2D eigenvalue weighted by Gasteiger charge is 2.32. The van der Waals surface area contributed by atoms with Gasteiger partial charge in [0.25, 0.3) is 0 Å². The molecule has 1 aromatic rings. The van der Waals surface area contributed by atoms with Crippen LogP contribution in [0.5, 0.6) is 0 Å². The van der Waals surface area contributed by atoms with E-state index >= 15 is 0 Å². The van der Waals surface area contributed by atoms with E-state index in [1.54, 1.807) is 6.07 Å². The van der Waals surface area contributed by atoms with E-state index in [0.717, 1.165) is 37.9 Å². The van der Waals surface area contributed by atoms with Gasteiger partial charge in [0, 0.05) is 0 Å². The molecule has 0 saturated carbocycles. The van der Waals surface area contributed by atoms with Gasteiger partial charge in [0.1, 0.15) is 12.6 Å². The lowest BCUT2D eigenvalue weighted by Gasteiger charge is -2.22. The zero-order valence-electron chi connectivity index (χ0n) is 11.5. The van der Waals surface area contributed by atoms with Gasteiger partial charge in [-0.1, -0.05) is 18.6 Å². The Morgan fingerprint density at radius 1 is 1.24 bits per heavy atom. The third-order valence-electron chi connectivity index (χ3n) is 3.88. The predicted octanol–water partition coefficient (Wildman–Crippen LogP) is 3.32. The molecular weight excluding hydrogens is 281 g/mol. The van der Waals surface area contributed by atoms with E-state index in [2.05, 4.69) is 10.3 Å². The first-order chi connectivity index (χ1) is 10.0. The van der Waals surface area contributed by atoms with E-state index in [0.29, 0.717) is 18.1 Å². The van der Waals surface area contributed by atoms with Crippen molar-refractivity contribution in [1.82, 2.24) is 5.32 Å². The fraction of sp³-hybridized carbons (Fsp3) is 0.533. The van der Waals surface area contributed by atoms with Gasteiger partial charge in [-0.25, -0.2) is 4.99 Å². The molecule has 2 atom stereocenters. The summed E-state index contributed by atoms with van der Waals surface area (Å²) in [5.74, 6) is 0.636. The Morgan fingerprint density at radius 3 is 2.81 bits per heavy atom. The second kappa shape index (κ2) is 5.67. The number of ether oxygens (including phenoxy) is 1. The molecule has 21 heavy (non-hydrogen) atoms. The summed E-state index contributed by atoms with van der Waals surface area (Å²) >= 11 is 0. The molecule has 0 radical (unpaired) electrons. The first kappa shape index (κ1) is 14.4. The van der Waals surface area contributed by atoms with Crippen molar-refractivity contribution in [3.63, 3.8) is 0 Å². The Balaban J connectivity index is 1.77. The predicted molar refractivity (Wildman–Crippen MR) is 73.2 cm³/mol. The van der Waals surface area contributed by atoms with Crippen molar-refractivity contribution in [1.29, 1.82) is 0 Å². The Kier molecular flexibility index (Phi) is 3.89. The number of halogens is 3. The summed E-state index contributed by atoms with van der Waals surface area (Å²) in [7, 11) is 0. The fourth-order valence-electron chi connectivity index (χ4n) is 2.74. The number of benzene rings is 1. The molecule has 3 rings (SSSR count). The van der Waals surface area contributed by atoms with Crippen LogP contribution in [0.3, 0.4) is 0 Å². The number of hydrogen-bond donors (Lipinski definition) is 1. The Morgan fingerprint density at radius 2 is 2.10 bits per heavy atom. The van der Waals surface area contributed by atoms with Crippen LogP contribution in [0.4, 0.5) is 13.2 Å². The summed E-state index contributed by atoms with van der Waals surface area (Å²) in [6.45, 7) is 1.25. The van der Waals surface area contributed by atoms with Gasteiger partial charge in [0.05, 0.1) is 11.6 Å². The van der Waals surface area contributed by atoms with Gasteiger partial charge >= 0.3 is 6.18 Å². The van der Waals surface area contributed by atoms with Crippen LogP contribution in [0.1, 0.15) is 36.4 Å². The molecule has 1 fully saturated rings. The molecule has 3 nitrogen and oxygen atoms in total. The zero-order valence-corrected chi connectivity index (χ0v) is 11.5. The van der Waals surface area contributed by atoms with E-state index in [-0.39, 0.29) is 12.1 Å². The largest absolute Gasteiger partial charge is 0.477 e. The lowest BCUT2D eigenvalue weighted by molar-refractivity contribution is -0.137. The Labute approximate surface area is 121 Å². The SMILES string of the molecule is FC(F)(F)c1cccc(C2COC(C3CCCCN3)=N2)c1. The van der Waals surface area contributed by atoms with Crippen molar-refractivity contribution >= 4 is 5.90 Å². The van der Waals surface area contributed by atoms with Crippen molar-refractivity contribution in [2.24, 2.45) is 4.99 Å². The van der Waals surface area contributed by atoms with Crippen LogP contribution in [0.2, 0.25) is 0 Å². The molecule has 0 aromatic heterocycles. The molecule has 2 aliphatic rings. The van der Waals surface area contributed by atoms with Gasteiger partial charge in [-0.2, -0.15) is 13.2 Å². The lowest BCUT2D eigenvalue weighted by Crippen LogP contribution is -2.40. The maximum atomic E-state index is 12.7. The summed E-state index contributed by atoms with van der Waals surface area (Å²) in [6.07, 6.45) is -1.10. The molecule has 1 aromatic carbocycles. The topological polar surface area (TPSA) is 33.6 Å². The van der Waals surface area contributed by atoms with Crippen molar-refractivity contribution in [3.05, 3.63) is 35.4 Å². The summed E-state index contributed by atoms with van der Waals surface area (Å²) in [4.78, 5) is 4.47. The second-order valence-corrected chi connectivity index (χ2v) is 5.42. The highest BCUT2D eigenvalue weighted by Crippen LogP contribution is 2.32. The first-order valence-electron chi connectivity index (χ1n) is 7.15. The van der Waals surface area contributed by atoms with Crippen LogP contribution in [0.25, 0.3) is 0 Å². The molecule has 114 valence electrons. The molecule has 2 unspecified atom stereocenters. The minimum atomic E-state index is -4.33. The van der Waals surface area contributed by atoms with E-state index in [1.165, 1.54) is 6.07 Å². The zero-order chi connectivity index (χ0) is 14.9. The number of alkyl halides is 3. The van der Waals surface area contributed by atoms with E-state index in [9.17, 15) is 13.2 Å². The monoisotopic (exact) mass is 298 g/mol. The summed E-state index contributed by atoms with van der Waals surface area (Å²) in [5.41, 5.74) is -0.0879. The molecule has 0 spiro atoms. The highest BCUT2D eigenvalue weighted by molar-refractivity contribution is 5.83. The van der Waals surface area contributed by atoms with Crippen LogP contribution >= 0.6 is 0 Å². The normalized spacial score (nSPS) is 26.3. The summed E-state index contributed by atoms with van der Waals surface area (Å²) in [6, 6.07) is 5.09. The molecular formula is C15H17F3N2O. The lowest BCUT2D eigenvalue weighted by atomic mass is 10.0. The molecule has 1 saturated heterocycles. The van der Waals surface area contributed by atoms with Crippen LogP contribution < -0.4 is 5.32 Å². The number of rotatable bonds is 2. The summed E-state index contributed by atoms with van der Waals surface area (Å²) < 4.78 is 43.8. The molecule has 1 N–H and O–H groups in total. The van der Waals surface area contributed by atoms with Gasteiger partial charge in [-0.3, -0.25) is 0 Å². The maximum absolute atomic E-state index is 12.7. The maximum Gasteiger partial charge on any atom is 0.416 e. The molecule has 6 heteroatoms. The molecule has 0 aliphatic carbocycles. The average Bonchev–Trinajstić information content (AvgIpc) is 2.97. The number of piperidine rings is 1. The van der Waals surface area contributed by atoms with Crippen molar-refractivity contribution in [2.75, 3.05) is 13.2 Å². The summed E-state index contributed by atoms with van der Waals surface area (Å²) in [5, 5.41) is 3.33. The number of nitrogens with zero attached hydrogens (tertiary/aromatic N) is 1. The second-order valence-electron chi connectivity index (χ2n) is 5.42. The van der Waals surface area contributed by atoms with Crippen molar-refractivity contribution in [3.8, 4) is 0 Å². The van der Waals surface area contributed by atoms with Gasteiger partial charge < -0.3 is 10.1 Å². The van der Waals surface area contributed by atoms with E-state index in [1.807, 2.05) is 0 Å². The standard InChI is InChI=1S/C15H17F3N2O/c16-15(17,18)11-5-3-4-10(8-11)13-9-21-14(20-13)12-6-1-2-7-19-12/h3-5,8,12-13,19H,1-2,6-7,9H2. The third-order valence-corrected chi connectivity index (χ3v) is 3.88. The number of nitrogens with one attached hydrogen (secondary N) is 1. The quantitative estimate of drug-likeness (QED) is 0.908. The molecule has 2 heterocycles. The van der Waals surface area contributed by atoms with Crippen LogP contribution in [0.15, 0.2) is 29.3 Å². The Hall–Kier alpha value is -1.56. The van der Waals surface area contributed by atoms with Crippen LogP contribution in [-0.4, -0.2) is 25.1 Å². The highest BCUT2D eigenvalue weighted by atomic mass is 19.4. The van der Waals surface area contributed by atoms with Gasteiger partial charge in [-0.15, -0.1) is 0 Å². The van der Waals surface area contributed by atoms with Gasteiger partial charge in [0.2, 0.25) is 5.90 Å². The first-order valence-corrected chi connectivity index (χ1v) is 7.15. The van der Waals surface area contributed by atoms with Crippen LogP contribution in [0, 0.1) is 0 Å². The van der Waals surface area contributed by atoms with Crippen LogP contribution in [-0.2, 0) is 10.9 Å². The van der Waals surface area contributed by atoms with E-state index < -0.39 is 11.7 Å². The molecule has 2 aliphatic heterocycles. The molecule has 0 bridgehead atoms. The Bertz CT molecular complexity index is 536. The third kappa shape index (κ3) is 3.20. The average molecular weight is 298 g/mol. The number of hydrogen-bond acceptors (Lipinski definition) is 3. The van der Waals surface area contributed by atoms with Crippen molar-refractivity contribution in [2.45, 2.75) is 37.5 Å². The van der Waals surface area contributed by atoms with Crippen molar-refractivity contribution < 1.29 is 17.9 Å². The van der Waals surface area contributed by atoms with Gasteiger partial charge in [-0.05, 0) is 37.1 Å². The minimum Gasteiger partial charge on any atom is -0.477 e. The van der Waals surface area contributed by atoms with E-state index in [4.69, 9.17) is 4.74 Å².